The summed E-state index contributed by atoms with van der Waals surface area (Å²) in [7, 11) is -2.58. The van der Waals surface area contributed by atoms with Crippen LogP contribution in [0.2, 0.25) is 0 Å². The second-order valence-electron chi connectivity index (χ2n) is 4.56. The first-order chi connectivity index (χ1) is 9.75. The molecule has 0 radical (unpaired) electrons. The van der Waals surface area contributed by atoms with Gasteiger partial charge in [-0.1, -0.05) is 12.1 Å². The molecule has 0 aliphatic carbocycles. The molecule has 0 saturated heterocycles. The van der Waals surface area contributed by atoms with Crippen molar-refractivity contribution < 1.29 is 12.8 Å². The van der Waals surface area contributed by atoms with E-state index in [0.717, 1.165) is 4.31 Å². The van der Waals surface area contributed by atoms with Gasteiger partial charge in [0.1, 0.15) is 5.82 Å². The summed E-state index contributed by atoms with van der Waals surface area (Å²) in [5.41, 5.74) is 6.57. The van der Waals surface area contributed by atoms with Gasteiger partial charge in [-0.25, -0.2) is 12.8 Å². The predicted molar refractivity (Wildman–Crippen MR) is 85.3 cm³/mol. The Balaban J connectivity index is 2.58. The van der Waals surface area contributed by atoms with E-state index in [4.69, 9.17) is 5.73 Å². The summed E-state index contributed by atoms with van der Waals surface area (Å²) in [5.74, 6) is -0.605. The first-order valence-corrected chi connectivity index (χ1v) is 8.27. The number of halogens is 2. The lowest BCUT2D eigenvalue weighted by molar-refractivity contribution is 0.589. The van der Waals surface area contributed by atoms with Gasteiger partial charge in [0.05, 0.1) is 10.6 Å². The van der Waals surface area contributed by atoms with Gasteiger partial charge < -0.3 is 5.73 Å². The molecule has 0 aliphatic rings. The maximum absolute atomic E-state index is 13.8. The number of nitrogens with zero attached hydrogens (tertiary/aromatic N) is 1. The lowest BCUT2D eigenvalue weighted by atomic mass is 10.2. The molecule has 0 atom stereocenters. The van der Waals surface area contributed by atoms with Crippen LogP contribution in [0.5, 0.6) is 0 Å². The second kappa shape index (κ2) is 5.65. The third kappa shape index (κ3) is 2.89. The van der Waals surface area contributed by atoms with Crippen molar-refractivity contribution in [3.05, 3.63) is 52.3 Å². The molecule has 0 unspecified atom stereocenters. The number of hydrogen-bond acceptors (Lipinski definition) is 3. The normalized spacial score (nSPS) is 11.4. The molecular weight excluding hydrogens is 359 g/mol. The summed E-state index contributed by atoms with van der Waals surface area (Å²) in [5, 5.41) is 0. The van der Waals surface area contributed by atoms with E-state index in [1.165, 1.54) is 31.3 Å². The molecule has 0 aliphatic heterocycles. The first kappa shape index (κ1) is 15.8. The Bertz CT molecular complexity index is 794. The number of aryl methyl sites for hydroxylation is 1. The molecule has 21 heavy (non-hydrogen) atoms. The number of nitrogen functional groups attached to an aromatic ring is 1. The Labute approximate surface area is 131 Å². The van der Waals surface area contributed by atoms with Gasteiger partial charge in [-0.3, -0.25) is 4.31 Å². The molecule has 0 spiro atoms. The van der Waals surface area contributed by atoms with Crippen LogP contribution in [0, 0.1) is 12.7 Å². The number of sulfonamides is 1. The predicted octanol–water partition coefficient (Wildman–Crippen LogP) is 3.30. The second-order valence-corrected chi connectivity index (χ2v) is 7.36. The topological polar surface area (TPSA) is 63.4 Å². The van der Waals surface area contributed by atoms with Gasteiger partial charge in [0.25, 0.3) is 10.0 Å². The Morgan fingerprint density at radius 3 is 2.48 bits per heavy atom. The fraction of sp³-hybridized carbons (Fsp3) is 0.143. The summed E-state index contributed by atoms with van der Waals surface area (Å²) in [4.78, 5) is 0.0500. The Morgan fingerprint density at radius 1 is 1.24 bits per heavy atom. The van der Waals surface area contributed by atoms with Crippen molar-refractivity contribution >= 4 is 37.3 Å². The van der Waals surface area contributed by atoms with Crippen LogP contribution in [0.3, 0.4) is 0 Å². The maximum Gasteiger partial charge on any atom is 0.264 e. The van der Waals surface area contributed by atoms with Gasteiger partial charge in [-0.05, 0) is 52.7 Å². The fourth-order valence-electron chi connectivity index (χ4n) is 1.93. The molecule has 112 valence electrons. The molecule has 2 N–H and O–H groups in total. The molecule has 0 amide bonds. The largest absolute Gasteiger partial charge is 0.398 e. The fourth-order valence-corrected chi connectivity index (χ4v) is 3.83. The van der Waals surface area contributed by atoms with E-state index >= 15 is 0 Å². The van der Waals surface area contributed by atoms with Crippen molar-refractivity contribution in [2.45, 2.75) is 11.8 Å². The van der Waals surface area contributed by atoms with Crippen LogP contribution in [0.25, 0.3) is 0 Å². The van der Waals surface area contributed by atoms with Crippen LogP contribution in [0.1, 0.15) is 5.56 Å². The van der Waals surface area contributed by atoms with Crippen molar-refractivity contribution in [1.29, 1.82) is 0 Å². The Hall–Kier alpha value is -1.60. The number of rotatable bonds is 3. The van der Waals surface area contributed by atoms with Crippen molar-refractivity contribution in [3.63, 3.8) is 0 Å². The van der Waals surface area contributed by atoms with Gasteiger partial charge >= 0.3 is 0 Å². The zero-order chi connectivity index (χ0) is 15.8. The number of nitrogens with two attached hydrogens (primary N) is 1. The first-order valence-electron chi connectivity index (χ1n) is 6.04. The highest BCUT2D eigenvalue weighted by Crippen LogP contribution is 2.30. The van der Waals surface area contributed by atoms with Gasteiger partial charge in [-0.15, -0.1) is 0 Å². The molecule has 0 aromatic heterocycles. The van der Waals surface area contributed by atoms with Crippen LogP contribution in [-0.2, 0) is 10.0 Å². The molecule has 2 aromatic rings. The van der Waals surface area contributed by atoms with Crippen molar-refractivity contribution in [2.75, 3.05) is 17.1 Å². The highest BCUT2D eigenvalue weighted by molar-refractivity contribution is 9.10. The Morgan fingerprint density at radius 2 is 1.86 bits per heavy atom. The van der Waals surface area contributed by atoms with E-state index in [1.54, 1.807) is 19.1 Å². The van der Waals surface area contributed by atoms with Crippen LogP contribution >= 0.6 is 15.9 Å². The van der Waals surface area contributed by atoms with Crippen LogP contribution in [0.15, 0.2) is 45.8 Å². The van der Waals surface area contributed by atoms with Crippen LogP contribution < -0.4 is 10.0 Å². The van der Waals surface area contributed by atoms with E-state index < -0.39 is 15.8 Å². The van der Waals surface area contributed by atoms with Crippen molar-refractivity contribution in [2.24, 2.45) is 0 Å². The molecule has 7 heteroatoms. The summed E-state index contributed by atoms with van der Waals surface area (Å²) in [6.07, 6.45) is 0. The van der Waals surface area contributed by atoms with Gasteiger partial charge in [0, 0.05) is 17.2 Å². The van der Waals surface area contributed by atoms with Crippen LogP contribution in [-0.4, -0.2) is 15.5 Å². The zero-order valence-electron chi connectivity index (χ0n) is 11.5. The average Bonchev–Trinajstić information content (AvgIpc) is 2.42. The minimum atomic E-state index is -3.89. The lowest BCUT2D eigenvalue weighted by Crippen LogP contribution is -2.28. The standard InChI is InChI=1S/C14H14BrFN2O2S/c1-9-7-10(15)12(17)8-14(9)21(19,20)18(2)13-6-4-3-5-11(13)16/h3-8H,17H2,1-2H3. The van der Waals surface area contributed by atoms with E-state index in [1.807, 2.05) is 0 Å². The molecule has 0 heterocycles. The molecule has 0 bridgehead atoms. The quantitative estimate of drug-likeness (QED) is 0.840. The van der Waals surface area contributed by atoms with Crippen molar-refractivity contribution in [1.82, 2.24) is 0 Å². The molecular formula is C14H14BrFN2O2S. The SMILES string of the molecule is Cc1cc(Br)c(N)cc1S(=O)(=O)N(C)c1ccccc1F. The summed E-state index contributed by atoms with van der Waals surface area (Å²) >= 11 is 3.25. The summed E-state index contributed by atoms with van der Waals surface area (Å²) < 4.78 is 40.6. The minimum absolute atomic E-state index is 0.0154. The van der Waals surface area contributed by atoms with E-state index in [2.05, 4.69) is 15.9 Å². The number of hydrogen-bond donors (Lipinski definition) is 1. The van der Waals surface area contributed by atoms with Gasteiger partial charge in [-0.2, -0.15) is 0 Å². The number of benzene rings is 2. The third-order valence-corrected chi connectivity index (χ3v) is 5.72. The number of anilines is 2. The maximum atomic E-state index is 13.8. The van der Waals surface area contributed by atoms with Crippen molar-refractivity contribution in [3.8, 4) is 0 Å². The monoisotopic (exact) mass is 372 g/mol. The highest BCUT2D eigenvalue weighted by Gasteiger charge is 2.25. The molecule has 4 nitrogen and oxygen atoms in total. The van der Waals surface area contributed by atoms with Crippen LogP contribution in [0.4, 0.5) is 15.8 Å². The summed E-state index contributed by atoms with van der Waals surface area (Å²) in [6.45, 7) is 1.66. The smallest absolute Gasteiger partial charge is 0.264 e. The summed E-state index contributed by atoms with van der Waals surface area (Å²) in [6, 6.07) is 8.69. The molecule has 2 rings (SSSR count). The third-order valence-electron chi connectivity index (χ3n) is 3.12. The molecule has 0 saturated carbocycles. The van der Waals surface area contributed by atoms with Gasteiger partial charge in [0.2, 0.25) is 0 Å². The highest BCUT2D eigenvalue weighted by atomic mass is 79.9. The minimum Gasteiger partial charge on any atom is -0.398 e. The van der Waals surface area contributed by atoms with E-state index in [9.17, 15) is 12.8 Å². The lowest BCUT2D eigenvalue weighted by Gasteiger charge is -2.21. The average molecular weight is 373 g/mol. The molecule has 0 fully saturated rings. The zero-order valence-corrected chi connectivity index (χ0v) is 13.9. The Kier molecular flexibility index (Phi) is 4.25. The van der Waals surface area contributed by atoms with E-state index in [-0.39, 0.29) is 10.6 Å². The number of para-hydroxylation sites is 1. The molecule has 2 aromatic carbocycles. The van der Waals surface area contributed by atoms with Gasteiger partial charge in [0.15, 0.2) is 0 Å². The van der Waals surface area contributed by atoms with E-state index in [0.29, 0.717) is 15.7 Å².